The van der Waals surface area contributed by atoms with Gasteiger partial charge in [0, 0.05) is 57.1 Å². The van der Waals surface area contributed by atoms with E-state index in [4.69, 9.17) is 9.72 Å². The van der Waals surface area contributed by atoms with Crippen molar-refractivity contribution in [1.29, 1.82) is 0 Å². The van der Waals surface area contributed by atoms with Crippen LogP contribution in [-0.2, 0) is 16.1 Å². The third-order valence-electron chi connectivity index (χ3n) is 5.29. The number of hydrogen-bond acceptors (Lipinski definition) is 3. The van der Waals surface area contributed by atoms with Crippen LogP contribution >= 0.6 is 0 Å². The smallest absolute Gasteiger partial charge is 0.222 e. The summed E-state index contributed by atoms with van der Waals surface area (Å²) in [7, 11) is 0. The molecule has 0 N–H and O–H groups in total. The number of carbonyl (C=O) groups is 1. The van der Waals surface area contributed by atoms with Crippen molar-refractivity contribution in [3.05, 3.63) is 17.7 Å². The highest BCUT2D eigenvalue weighted by atomic mass is 16.5. The fourth-order valence-corrected chi connectivity index (χ4v) is 3.92. The van der Waals surface area contributed by atoms with Crippen LogP contribution in [0.4, 0.5) is 0 Å². The average Bonchev–Trinajstić information content (AvgIpc) is 2.96. The first kappa shape index (κ1) is 16.5. The van der Waals surface area contributed by atoms with E-state index in [0.717, 1.165) is 52.1 Å². The summed E-state index contributed by atoms with van der Waals surface area (Å²) in [6, 6.07) is 0. The molecule has 0 radical (unpaired) electrons. The standard InChI is InChI=1S/C18H29N3O2/c1-3-17(22)20-8-4-5-15(12-20)13-21-14(2)11-19-18(21)16-6-9-23-10-7-16/h11,15-16H,3-10,12-13H2,1-2H3. The third-order valence-corrected chi connectivity index (χ3v) is 5.29. The minimum atomic E-state index is 0.293. The van der Waals surface area contributed by atoms with E-state index in [0.29, 0.717) is 24.2 Å². The Bertz CT molecular complexity index is 534. The second-order valence-electron chi connectivity index (χ2n) is 6.96. The zero-order valence-corrected chi connectivity index (χ0v) is 14.5. The summed E-state index contributed by atoms with van der Waals surface area (Å²) in [5, 5.41) is 0. The molecule has 128 valence electrons. The molecule has 0 aliphatic carbocycles. The lowest BCUT2D eigenvalue weighted by Gasteiger charge is -2.34. The number of piperidine rings is 1. The highest BCUT2D eigenvalue weighted by molar-refractivity contribution is 5.75. The zero-order chi connectivity index (χ0) is 16.2. The van der Waals surface area contributed by atoms with E-state index < -0.39 is 0 Å². The molecule has 5 nitrogen and oxygen atoms in total. The van der Waals surface area contributed by atoms with Crippen molar-refractivity contribution in [3.63, 3.8) is 0 Å². The van der Waals surface area contributed by atoms with Gasteiger partial charge in [-0.2, -0.15) is 0 Å². The minimum Gasteiger partial charge on any atom is -0.381 e. The quantitative estimate of drug-likeness (QED) is 0.857. The Morgan fingerprint density at radius 3 is 2.87 bits per heavy atom. The minimum absolute atomic E-state index is 0.293. The number of aryl methyl sites for hydroxylation is 1. The number of ether oxygens (including phenoxy) is 1. The number of carbonyl (C=O) groups excluding carboxylic acids is 1. The summed E-state index contributed by atoms with van der Waals surface area (Å²) in [6.45, 7) is 8.61. The summed E-state index contributed by atoms with van der Waals surface area (Å²) in [5.74, 6) is 2.59. The first-order valence-corrected chi connectivity index (χ1v) is 9.06. The van der Waals surface area contributed by atoms with E-state index in [1.165, 1.54) is 17.9 Å². The number of hydrogen-bond donors (Lipinski definition) is 0. The van der Waals surface area contributed by atoms with E-state index in [1.54, 1.807) is 0 Å². The number of amides is 1. The van der Waals surface area contributed by atoms with Gasteiger partial charge in [-0.15, -0.1) is 0 Å². The van der Waals surface area contributed by atoms with Gasteiger partial charge in [-0.05, 0) is 38.5 Å². The zero-order valence-electron chi connectivity index (χ0n) is 14.5. The third kappa shape index (κ3) is 3.77. The highest BCUT2D eigenvalue weighted by Gasteiger charge is 2.26. The summed E-state index contributed by atoms with van der Waals surface area (Å²) >= 11 is 0. The molecule has 0 spiro atoms. The molecule has 1 unspecified atom stereocenters. The van der Waals surface area contributed by atoms with Crippen molar-refractivity contribution in [2.45, 2.75) is 58.4 Å². The second-order valence-corrected chi connectivity index (χ2v) is 6.96. The lowest BCUT2D eigenvalue weighted by Crippen LogP contribution is -2.41. The summed E-state index contributed by atoms with van der Waals surface area (Å²) < 4.78 is 7.89. The van der Waals surface area contributed by atoms with Gasteiger partial charge in [0.05, 0.1) is 0 Å². The maximum atomic E-state index is 12.0. The Kier molecular flexibility index (Phi) is 5.36. The number of imidazole rings is 1. The Labute approximate surface area is 139 Å². The van der Waals surface area contributed by atoms with Gasteiger partial charge in [0.1, 0.15) is 5.82 Å². The van der Waals surface area contributed by atoms with Crippen LogP contribution in [-0.4, -0.2) is 46.7 Å². The van der Waals surface area contributed by atoms with Crippen LogP contribution in [0, 0.1) is 12.8 Å². The van der Waals surface area contributed by atoms with Crippen LogP contribution in [0.25, 0.3) is 0 Å². The maximum Gasteiger partial charge on any atom is 0.222 e. The molecule has 2 aliphatic rings. The van der Waals surface area contributed by atoms with Gasteiger partial charge < -0.3 is 14.2 Å². The van der Waals surface area contributed by atoms with Gasteiger partial charge in [-0.1, -0.05) is 6.92 Å². The first-order chi connectivity index (χ1) is 11.2. The largest absolute Gasteiger partial charge is 0.381 e. The van der Waals surface area contributed by atoms with Gasteiger partial charge in [0.15, 0.2) is 0 Å². The van der Waals surface area contributed by atoms with Crippen LogP contribution < -0.4 is 0 Å². The van der Waals surface area contributed by atoms with Crippen molar-refractivity contribution >= 4 is 5.91 Å². The molecule has 0 aromatic carbocycles. The van der Waals surface area contributed by atoms with Crippen molar-refractivity contribution < 1.29 is 9.53 Å². The molecule has 1 aromatic rings. The Morgan fingerprint density at radius 1 is 1.35 bits per heavy atom. The molecule has 2 aliphatic heterocycles. The van der Waals surface area contributed by atoms with E-state index in [2.05, 4.69) is 16.4 Å². The number of nitrogens with zero attached hydrogens (tertiary/aromatic N) is 3. The molecule has 1 atom stereocenters. The van der Waals surface area contributed by atoms with E-state index in [-0.39, 0.29) is 0 Å². The normalized spacial score (nSPS) is 23.2. The molecule has 5 heteroatoms. The summed E-state index contributed by atoms with van der Waals surface area (Å²) in [4.78, 5) is 18.7. The fraction of sp³-hybridized carbons (Fsp3) is 0.778. The van der Waals surface area contributed by atoms with Crippen LogP contribution in [0.1, 0.15) is 56.5 Å². The first-order valence-electron chi connectivity index (χ1n) is 9.06. The Balaban J connectivity index is 1.69. The van der Waals surface area contributed by atoms with Gasteiger partial charge >= 0.3 is 0 Å². The van der Waals surface area contributed by atoms with E-state index in [1.807, 2.05) is 13.1 Å². The predicted molar refractivity (Wildman–Crippen MR) is 89.4 cm³/mol. The lowest BCUT2D eigenvalue weighted by atomic mass is 9.96. The Hall–Kier alpha value is -1.36. The number of aromatic nitrogens is 2. The molecule has 1 amide bonds. The van der Waals surface area contributed by atoms with Crippen LogP contribution in [0.2, 0.25) is 0 Å². The van der Waals surface area contributed by atoms with E-state index in [9.17, 15) is 4.79 Å². The molecule has 0 saturated carbocycles. The fourth-order valence-electron chi connectivity index (χ4n) is 3.92. The molecular weight excluding hydrogens is 290 g/mol. The van der Waals surface area contributed by atoms with Crippen molar-refractivity contribution in [2.75, 3.05) is 26.3 Å². The molecule has 3 heterocycles. The topological polar surface area (TPSA) is 47.4 Å². The monoisotopic (exact) mass is 319 g/mol. The summed E-state index contributed by atoms with van der Waals surface area (Å²) in [6.07, 6.45) is 7.09. The van der Waals surface area contributed by atoms with Crippen LogP contribution in [0.5, 0.6) is 0 Å². The second kappa shape index (κ2) is 7.47. The number of rotatable bonds is 4. The van der Waals surface area contributed by atoms with Gasteiger partial charge in [-0.3, -0.25) is 4.79 Å². The van der Waals surface area contributed by atoms with Gasteiger partial charge in [0.2, 0.25) is 5.91 Å². The van der Waals surface area contributed by atoms with Crippen LogP contribution in [0.15, 0.2) is 6.20 Å². The van der Waals surface area contributed by atoms with E-state index >= 15 is 0 Å². The maximum absolute atomic E-state index is 12.0. The molecular formula is C18H29N3O2. The van der Waals surface area contributed by atoms with Crippen LogP contribution in [0.3, 0.4) is 0 Å². The molecule has 1 aromatic heterocycles. The highest BCUT2D eigenvalue weighted by Crippen LogP contribution is 2.28. The summed E-state index contributed by atoms with van der Waals surface area (Å²) in [5.41, 5.74) is 1.24. The SMILES string of the molecule is CCC(=O)N1CCCC(Cn2c(C)cnc2C2CCOCC2)C1. The Morgan fingerprint density at radius 2 is 2.13 bits per heavy atom. The molecule has 2 fully saturated rings. The van der Waals surface area contributed by atoms with Crippen molar-refractivity contribution in [3.8, 4) is 0 Å². The molecule has 0 bridgehead atoms. The van der Waals surface area contributed by atoms with Crippen molar-refractivity contribution in [1.82, 2.24) is 14.5 Å². The number of likely N-dealkylation sites (tertiary alicyclic amines) is 1. The molecule has 23 heavy (non-hydrogen) atoms. The van der Waals surface area contributed by atoms with Gasteiger partial charge in [-0.25, -0.2) is 4.98 Å². The average molecular weight is 319 g/mol. The van der Waals surface area contributed by atoms with Gasteiger partial charge in [0.25, 0.3) is 0 Å². The predicted octanol–water partition coefficient (Wildman–Crippen LogP) is 2.73. The van der Waals surface area contributed by atoms with Crippen molar-refractivity contribution in [2.24, 2.45) is 5.92 Å². The molecule has 3 rings (SSSR count). The molecule has 2 saturated heterocycles. The lowest BCUT2D eigenvalue weighted by molar-refractivity contribution is -0.132.